The lowest BCUT2D eigenvalue weighted by Gasteiger charge is -2.11. The number of nitrogens with one attached hydrogen (secondary N) is 1. The molecule has 0 saturated heterocycles. The van der Waals surface area contributed by atoms with Crippen molar-refractivity contribution in [2.45, 2.75) is 26.2 Å². The fourth-order valence-corrected chi connectivity index (χ4v) is 2.50. The molecule has 0 aromatic heterocycles. The van der Waals surface area contributed by atoms with Crippen LogP contribution in [0.3, 0.4) is 0 Å². The topological polar surface area (TPSA) is 102 Å². The minimum Gasteiger partial charge on any atom is -0.546 e. The number of ether oxygens (including phenoxy) is 1. The molecule has 0 aliphatic rings. The number of nitriles is 1. The monoisotopic (exact) mass is 377 g/mol. The molecule has 0 aliphatic heterocycles. The van der Waals surface area contributed by atoms with E-state index in [1.807, 2.05) is 18.2 Å². The maximum atomic E-state index is 12.5. The Labute approximate surface area is 164 Å². The summed E-state index contributed by atoms with van der Waals surface area (Å²) in [6, 6.07) is 15.9. The van der Waals surface area contributed by atoms with Gasteiger partial charge in [0.2, 0.25) is 0 Å². The van der Waals surface area contributed by atoms with Crippen LogP contribution in [0.5, 0.6) is 5.75 Å². The lowest BCUT2D eigenvalue weighted by atomic mass is 9.98. The number of aliphatic carboxylic acids is 1. The van der Waals surface area contributed by atoms with Crippen LogP contribution in [0.1, 0.15) is 37.3 Å². The average Bonchev–Trinajstić information content (AvgIpc) is 2.70. The largest absolute Gasteiger partial charge is 0.546 e. The van der Waals surface area contributed by atoms with Crippen molar-refractivity contribution in [3.63, 3.8) is 0 Å². The second-order valence-corrected chi connectivity index (χ2v) is 6.25. The fraction of sp³-hybridized carbons (Fsp3) is 0.227. The number of carboxylic acids is 1. The highest BCUT2D eigenvalue weighted by atomic mass is 16.5. The molecule has 0 heterocycles. The number of carbonyl (C=O) groups excluding carboxylic acids is 2. The summed E-state index contributed by atoms with van der Waals surface area (Å²) >= 11 is 0. The quantitative estimate of drug-likeness (QED) is 0.563. The predicted octanol–water partition coefficient (Wildman–Crippen LogP) is 2.87. The van der Waals surface area contributed by atoms with E-state index in [1.165, 1.54) is 11.6 Å². The summed E-state index contributed by atoms with van der Waals surface area (Å²) in [7, 11) is 0. The van der Waals surface area contributed by atoms with Gasteiger partial charge >= 0.3 is 0 Å². The van der Waals surface area contributed by atoms with Crippen LogP contribution in [0.2, 0.25) is 0 Å². The van der Waals surface area contributed by atoms with Crippen LogP contribution in [0, 0.1) is 11.3 Å². The normalized spacial score (nSPS) is 12.0. The molecule has 2 aromatic rings. The van der Waals surface area contributed by atoms with Gasteiger partial charge in [0.05, 0.1) is 5.97 Å². The van der Waals surface area contributed by atoms with Crippen LogP contribution in [0.15, 0.2) is 54.1 Å². The number of carbonyl (C=O) groups is 2. The van der Waals surface area contributed by atoms with Crippen LogP contribution in [0.4, 0.5) is 5.69 Å². The van der Waals surface area contributed by atoms with E-state index in [1.54, 1.807) is 36.4 Å². The second kappa shape index (κ2) is 9.93. The van der Waals surface area contributed by atoms with E-state index in [-0.39, 0.29) is 11.3 Å². The Morgan fingerprint density at radius 2 is 1.89 bits per heavy atom. The van der Waals surface area contributed by atoms with E-state index in [0.29, 0.717) is 17.2 Å². The zero-order chi connectivity index (χ0) is 20.5. The SMILES string of the molecule is CC[C@@H](C)c1ccc(NC(=O)/C(C#N)=C/c2ccccc2OCC(=O)[O-])cc1. The molecule has 6 heteroatoms. The summed E-state index contributed by atoms with van der Waals surface area (Å²) in [6.45, 7) is 3.62. The van der Waals surface area contributed by atoms with Gasteiger partial charge in [-0.25, -0.2) is 0 Å². The van der Waals surface area contributed by atoms with Gasteiger partial charge in [-0.3, -0.25) is 4.79 Å². The van der Waals surface area contributed by atoms with Crippen LogP contribution in [0.25, 0.3) is 6.08 Å². The molecule has 144 valence electrons. The first-order valence-electron chi connectivity index (χ1n) is 8.89. The Morgan fingerprint density at radius 1 is 1.21 bits per heavy atom. The van der Waals surface area contributed by atoms with Gasteiger partial charge in [-0.15, -0.1) is 0 Å². The Morgan fingerprint density at radius 3 is 2.50 bits per heavy atom. The first-order chi connectivity index (χ1) is 13.4. The molecule has 0 unspecified atom stereocenters. The molecule has 0 aliphatic carbocycles. The van der Waals surface area contributed by atoms with Gasteiger partial charge in [-0.1, -0.05) is 44.2 Å². The standard InChI is InChI=1S/C22H22N2O4/c1-3-15(2)16-8-10-19(11-9-16)24-22(27)18(13-23)12-17-6-4-5-7-20(17)28-14-21(25)26/h4-12,15H,3,14H2,1-2H3,(H,24,27)(H,25,26)/p-1/b18-12+/t15-/m1/s1. The molecular weight excluding hydrogens is 356 g/mol. The van der Waals surface area contributed by atoms with Gasteiger partial charge < -0.3 is 20.0 Å². The van der Waals surface area contributed by atoms with Gasteiger partial charge in [0.15, 0.2) is 0 Å². The first-order valence-corrected chi connectivity index (χ1v) is 8.89. The van der Waals surface area contributed by atoms with Gasteiger partial charge in [0, 0.05) is 11.3 Å². The number of amides is 1. The van der Waals surface area contributed by atoms with Gasteiger partial charge in [-0.05, 0) is 42.2 Å². The van der Waals surface area contributed by atoms with Crippen molar-refractivity contribution >= 4 is 23.6 Å². The van der Waals surface area contributed by atoms with Crippen molar-refractivity contribution in [3.05, 3.63) is 65.2 Å². The van der Waals surface area contributed by atoms with Crippen LogP contribution in [-0.4, -0.2) is 18.5 Å². The Hall–Kier alpha value is -3.59. The van der Waals surface area contributed by atoms with Crippen molar-refractivity contribution in [3.8, 4) is 11.8 Å². The molecule has 0 fully saturated rings. The maximum absolute atomic E-state index is 12.5. The summed E-state index contributed by atoms with van der Waals surface area (Å²) < 4.78 is 5.14. The van der Waals surface area contributed by atoms with Gasteiger partial charge in [-0.2, -0.15) is 5.26 Å². The Balaban J connectivity index is 2.18. The number of hydrogen-bond donors (Lipinski definition) is 1. The van der Waals surface area contributed by atoms with E-state index >= 15 is 0 Å². The number of nitrogens with zero attached hydrogens (tertiary/aromatic N) is 1. The number of hydrogen-bond acceptors (Lipinski definition) is 5. The van der Waals surface area contributed by atoms with Crippen LogP contribution < -0.4 is 15.2 Å². The van der Waals surface area contributed by atoms with Crippen molar-refractivity contribution < 1.29 is 19.4 Å². The number of carboxylic acid groups (broad SMARTS) is 1. The molecule has 1 N–H and O–H groups in total. The highest BCUT2D eigenvalue weighted by Crippen LogP contribution is 2.23. The zero-order valence-electron chi connectivity index (χ0n) is 15.8. The third-order valence-electron chi connectivity index (χ3n) is 4.28. The zero-order valence-corrected chi connectivity index (χ0v) is 15.8. The first kappa shape index (κ1) is 20.7. The van der Waals surface area contributed by atoms with Crippen molar-refractivity contribution in [1.29, 1.82) is 5.26 Å². The van der Waals surface area contributed by atoms with Crippen molar-refractivity contribution in [1.82, 2.24) is 0 Å². The molecule has 1 amide bonds. The third kappa shape index (κ3) is 5.71. The van der Waals surface area contributed by atoms with Crippen molar-refractivity contribution in [2.24, 2.45) is 0 Å². The van der Waals surface area contributed by atoms with E-state index < -0.39 is 18.5 Å². The minimum atomic E-state index is -1.36. The molecular formula is C22H21N2O4-. The van der Waals surface area contributed by atoms with Crippen LogP contribution in [-0.2, 0) is 9.59 Å². The molecule has 0 saturated carbocycles. The van der Waals surface area contributed by atoms with E-state index in [2.05, 4.69) is 19.2 Å². The van der Waals surface area contributed by atoms with Gasteiger partial charge in [0.25, 0.3) is 5.91 Å². The maximum Gasteiger partial charge on any atom is 0.266 e. The Kier molecular flexibility index (Phi) is 7.35. The van der Waals surface area contributed by atoms with E-state index in [9.17, 15) is 20.0 Å². The molecule has 6 nitrogen and oxygen atoms in total. The Bertz CT molecular complexity index is 911. The lowest BCUT2D eigenvalue weighted by Crippen LogP contribution is -2.29. The molecule has 0 spiro atoms. The molecule has 2 aromatic carbocycles. The third-order valence-corrected chi connectivity index (χ3v) is 4.28. The fourth-order valence-electron chi connectivity index (χ4n) is 2.50. The highest BCUT2D eigenvalue weighted by molar-refractivity contribution is 6.09. The van der Waals surface area contributed by atoms with Crippen molar-refractivity contribution in [2.75, 3.05) is 11.9 Å². The number of para-hydroxylation sites is 1. The highest BCUT2D eigenvalue weighted by Gasteiger charge is 2.12. The molecule has 28 heavy (non-hydrogen) atoms. The van der Waals surface area contributed by atoms with Gasteiger partial charge in [0.1, 0.15) is 24.0 Å². The number of benzene rings is 2. The summed E-state index contributed by atoms with van der Waals surface area (Å²) in [4.78, 5) is 23.0. The summed E-state index contributed by atoms with van der Waals surface area (Å²) in [5.41, 5.74) is 2.05. The predicted molar refractivity (Wildman–Crippen MR) is 104 cm³/mol. The average molecular weight is 377 g/mol. The van der Waals surface area contributed by atoms with E-state index in [4.69, 9.17) is 4.74 Å². The molecule has 0 bridgehead atoms. The minimum absolute atomic E-state index is 0.129. The summed E-state index contributed by atoms with van der Waals surface area (Å²) in [5.74, 6) is -1.26. The number of rotatable bonds is 8. The summed E-state index contributed by atoms with van der Waals surface area (Å²) in [5, 5.41) is 22.7. The summed E-state index contributed by atoms with van der Waals surface area (Å²) in [6.07, 6.45) is 2.37. The lowest BCUT2D eigenvalue weighted by molar-refractivity contribution is -0.307. The van der Waals surface area contributed by atoms with Crippen LogP contribution >= 0.6 is 0 Å². The molecule has 1 atom stereocenters. The van der Waals surface area contributed by atoms with E-state index in [0.717, 1.165) is 6.42 Å². The smallest absolute Gasteiger partial charge is 0.266 e. The second-order valence-electron chi connectivity index (χ2n) is 6.25. The molecule has 2 rings (SSSR count). The molecule has 0 radical (unpaired) electrons. The number of anilines is 1.